The Bertz CT molecular complexity index is 303. The van der Waals surface area contributed by atoms with Crippen molar-refractivity contribution < 1.29 is 0 Å². The second-order valence-corrected chi connectivity index (χ2v) is 7.11. The van der Waals surface area contributed by atoms with Crippen LogP contribution in [-0.4, -0.2) is 13.1 Å². The zero-order chi connectivity index (χ0) is 14.0. The molecule has 0 bridgehead atoms. The van der Waals surface area contributed by atoms with Crippen LogP contribution in [0.1, 0.15) is 70.6 Å². The van der Waals surface area contributed by atoms with Crippen LogP contribution in [0, 0.1) is 0 Å². The van der Waals surface area contributed by atoms with Gasteiger partial charge in [0.05, 0.1) is 0 Å². The van der Waals surface area contributed by atoms with E-state index in [1.54, 1.807) is 0 Å². The molecule has 0 aliphatic carbocycles. The molecule has 0 amide bonds. The first kappa shape index (κ1) is 16.7. The van der Waals surface area contributed by atoms with Crippen LogP contribution < -0.4 is 5.32 Å². The van der Waals surface area contributed by atoms with Gasteiger partial charge in [0.2, 0.25) is 0 Å². The Hall–Kier alpha value is -0.340. The fourth-order valence-corrected chi connectivity index (χ4v) is 3.21. The molecule has 1 nitrogen and oxygen atoms in total. The molecule has 1 heterocycles. The van der Waals surface area contributed by atoms with Crippen molar-refractivity contribution in [3.05, 3.63) is 22.4 Å². The first-order chi connectivity index (χ1) is 9.17. The smallest absolute Gasteiger partial charge is 0.0115 e. The van der Waals surface area contributed by atoms with E-state index in [1.165, 1.54) is 56.4 Å². The highest BCUT2D eigenvalue weighted by Crippen LogP contribution is 2.26. The van der Waals surface area contributed by atoms with Crippen LogP contribution in [0.4, 0.5) is 0 Å². The lowest BCUT2D eigenvalue weighted by atomic mass is 9.91. The van der Waals surface area contributed by atoms with Crippen molar-refractivity contribution in [3.63, 3.8) is 0 Å². The lowest BCUT2D eigenvalue weighted by Gasteiger charge is -2.23. The maximum Gasteiger partial charge on any atom is 0.0115 e. The van der Waals surface area contributed by atoms with Crippen LogP contribution in [0.2, 0.25) is 0 Å². The minimum absolute atomic E-state index is 0.273. The Morgan fingerprint density at radius 1 is 1.05 bits per heavy atom. The lowest BCUT2D eigenvalue weighted by Crippen LogP contribution is -2.32. The highest BCUT2D eigenvalue weighted by Gasteiger charge is 2.20. The largest absolute Gasteiger partial charge is 0.316 e. The first-order valence-corrected chi connectivity index (χ1v) is 8.79. The number of rotatable bonds is 11. The summed E-state index contributed by atoms with van der Waals surface area (Å²) in [4.78, 5) is 1.49. The minimum Gasteiger partial charge on any atom is -0.316 e. The van der Waals surface area contributed by atoms with E-state index in [9.17, 15) is 0 Å². The first-order valence-electron chi connectivity index (χ1n) is 7.91. The molecule has 0 aliphatic heterocycles. The van der Waals surface area contributed by atoms with Gasteiger partial charge in [-0.05, 0) is 24.4 Å². The zero-order valence-electron chi connectivity index (χ0n) is 13.0. The number of hydrogen-bond donors (Lipinski definition) is 1. The standard InChI is InChI=1S/C17H31NS/c1-4-5-6-7-8-9-10-13-18-15-17(2,3)16-12-11-14-19-16/h11-12,14,18H,4-10,13,15H2,1-3H3. The van der Waals surface area contributed by atoms with Crippen molar-refractivity contribution >= 4 is 11.3 Å². The zero-order valence-corrected chi connectivity index (χ0v) is 13.8. The molecule has 0 aromatic carbocycles. The third kappa shape index (κ3) is 7.12. The van der Waals surface area contributed by atoms with Crippen molar-refractivity contribution in [1.82, 2.24) is 5.32 Å². The summed E-state index contributed by atoms with van der Waals surface area (Å²) in [6, 6.07) is 4.40. The summed E-state index contributed by atoms with van der Waals surface area (Å²) in [7, 11) is 0. The molecule has 0 saturated carbocycles. The van der Waals surface area contributed by atoms with Crippen LogP contribution in [0.15, 0.2) is 17.5 Å². The Labute approximate surface area is 123 Å². The van der Waals surface area contributed by atoms with Crippen LogP contribution >= 0.6 is 11.3 Å². The number of thiophene rings is 1. The number of nitrogens with one attached hydrogen (secondary N) is 1. The highest BCUT2D eigenvalue weighted by atomic mass is 32.1. The molecule has 19 heavy (non-hydrogen) atoms. The molecule has 2 heteroatoms. The summed E-state index contributed by atoms with van der Waals surface area (Å²) < 4.78 is 0. The fourth-order valence-electron chi connectivity index (χ4n) is 2.36. The van der Waals surface area contributed by atoms with Crippen molar-refractivity contribution in [2.24, 2.45) is 0 Å². The van der Waals surface area contributed by atoms with Gasteiger partial charge in [-0.1, -0.05) is 65.4 Å². The Balaban J connectivity index is 1.99. The molecule has 0 fully saturated rings. The Kier molecular flexibility index (Phi) is 8.40. The van der Waals surface area contributed by atoms with Gasteiger partial charge in [-0.3, -0.25) is 0 Å². The van der Waals surface area contributed by atoms with Gasteiger partial charge < -0.3 is 5.32 Å². The summed E-state index contributed by atoms with van der Waals surface area (Å²) in [5.74, 6) is 0. The van der Waals surface area contributed by atoms with E-state index in [1.807, 2.05) is 11.3 Å². The number of unbranched alkanes of at least 4 members (excludes halogenated alkanes) is 6. The maximum atomic E-state index is 3.62. The molecular weight excluding hydrogens is 250 g/mol. The summed E-state index contributed by atoms with van der Waals surface area (Å²) in [5, 5.41) is 5.80. The topological polar surface area (TPSA) is 12.0 Å². The summed E-state index contributed by atoms with van der Waals surface area (Å²) in [6.45, 7) is 9.19. The third-order valence-corrected chi connectivity index (χ3v) is 4.95. The van der Waals surface area contributed by atoms with Gasteiger partial charge in [-0.25, -0.2) is 0 Å². The van der Waals surface area contributed by atoms with Gasteiger partial charge >= 0.3 is 0 Å². The van der Waals surface area contributed by atoms with Gasteiger partial charge in [-0.2, -0.15) is 0 Å². The second-order valence-electron chi connectivity index (χ2n) is 6.16. The molecule has 1 N–H and O–H groups in total. The molecular formula is C17H31NS. The molecule has 0 spiro atoms. The molecule has 0 unspecified atom stereocenters. The van der Waals surface area contributed by atoms with E-state index in [4.69, 9.17) is 0 Å². The van der Waals surface area contributed by atoms with Crippen molar-refractivity contribution in [1.29, 1.82) is 0 Å². The third-order valence-electron chi connectivity index (χ3n) is 3.71. The van der Waals surface area contributed by atoms with Gasteiger partial charge in [0, 0.05) is 16.8 Å². The Morgan fingerprint density at radius 3 is 2.37 bits per heavy atom. The van der Waals surface area contributed by atoms with Gasteiger partial charge in [0.1, 0.15) is 0 Å². The maximum absolute atomic E-state index is 3.62. The normalized spacial score (nSPS) is 11.9. The van der Waals surface area contributed by atoms with Crippen molar-refractivity contribution in [2.75, 3.05) is 13.1 Å². The molecule has 1 aromatic rings. The van der Waals surface area contributed by atoms with Gasteiger partial charge in [-0.15, -0.1) is 11.3 Å². The summed E-state index contributed by atoms with van der Waals surface area (Å²) in [6.07, 6.45) is 9.73. The van der Waals surface area contributed by atoms with E-state index in [-0.39, 0.29) is 5.41 Å². The lowest BCUT2D eigenvalue weighted by molar-refractivity contribution is 0.466. The van der Waals surface area contributed by atoms with Crippen molar-refractivity contribution in [2.45, 2.75) is 71.1 Å². The highest BCUT2D eigenvalue weighted by molar-refractivity contribution is 7.10. The van der Waals surface area contributed by atoms with Crippen LogP contribution in [-0.2, 0) is 5.41 Å². The van der Waals surface area contributed by atoms with E-state index < -0.39 is 0 Å². The van der Waals surface area contributed by atoms with E-state index in [0.717, 1.165) is 6.54 Å². The average Bonchev–Trinajstić information content (AvgIpc) is 2.91. The average molecular weight is 282 g/mol. The van der Waals surface area contributed by atoms with E-state index in [0.29, 0.717) is 0 Å². The number of hydrogen-bond acceptors (Lipinski definition) is 2. The minimum atomic E-state index is 0.273. The Morgan fingerprint density at radius 2 is 1.74 bits per heavy atom. The predicted octanol–water partition coefficient (Wildman–Crippen LogP) is 5.37. The van der Waals surface area contributed by atoms with Crippen LogP contribution in [0.5, 0.6) is 0 Å². The van der Waals surface area contributed by atoms with E-state index >= 15 is 0 Å². The van der Waals surface area contributed by atoms with E-state index in [2.05, 4.69) is 43.6 Å². The second kappa shape index (κ2) is 9.55. The molecule has 110 valence electrons. The molecule has 0 aliphatic rings. The van der Waals surface area contributed by atoms with Gasteiger partial charge in [0.15, 0.2) is 0 Å². The van der Waals surface area contributed by atoms with Crippen LogP contribution in [0.25, 0.3) is 0 Å². The van der Waals surface area contributed by atoms with Gasteiger partial charge in [0.25, 0.3) is 0 Å². The predicted molar refractivity (Wildman–Crippen MR) is 88.2 cm³/mol. The van der Waals surface area contributed by atoms with Crippen LogP contribution in [0.3, 0.4) is 0 Å². The quantitative estimate of drug-likeness (QED) is 0.538. The molecule has 0 atom stereocenters. The molecule has 1 aromatic heterocycles. The molecule has 0 saturated heterocycles. The SMILES string of the molecule is CCCCCCCCCNCC(C)(C)c1cccs1. The molecule has 1 rings (SSSR count). The fraction of sp³-hybridized carbons (Fsp3) is 0.765. The summed E-state index contributed by atoms with van der Waals surface area (Å²) >= 11 is 1.87. The molecule has 0 radical (unpaired) electrons. The van der Waals surface area contributed by atoms with Crippen molar-refractivity contribution in [3.8, 4) is 0 Å². The monoisotopic (exact) mass is 281 g/mol. The summed E-state index contributed by atoms with van der Waals surface area (Å²) in [5.41, 5.74) is 0.273.